The number of hydrogen-bond acceptors (Lipinski definition) is 5. The van der Waals surface area contributed by atoms with Gasteiger partial charge in [0.25, 0.3) is 0 Å². The third-order valence-corrected chi connectivity index (χ3v) is 5.82. The lowest BCUT2D eigenvalue weighted by molar-refractivity contribution is -0.794. The number of ketones is 1. The van der Waals surface area contributed by atoms with Crippen molar-refractivity contribution in [3.63, 3.8) is 0 Å². The smallest absolute Gasteiger partial charge is 0.435 e. The van der Waals surface area contributed by atoms with Gasteiger partial charge in [-0.15, -0.1) is 0 Å². The van der Waals surface area contributed by atoms with Gasteiger partial charge in [-0.05, 0) is 13.3 Å². The Morgan fingerprint density at radius 1 is 1.25 bits per heavy atom. The van der Waals surface area contributed by atoms with Crippen LogP contribution in [-0.4, -0.2) is 50.8 Å². The number of quaternary nitrogens is 1. The molecule has 0 saturated carbocycles. The van der Waals surface area contributed by atoms with Gasteiger partial charge in [0.15, 0.2) is 5.12 Å². The van der Waals surface area contributed by atoms with E-state index in [4.69, 9.17) is 0 Å². The summed E-state index contributed by atoms with van der Waals surface area (Å²) >= 11 is 1.02. The summed E-state index contributed by atoms with van der Waals surface area (Å²) in [5.74, 6) is -0.790. The van der Waals surface area contributed by atoms with E-state index in [-0.39, 0.29) is 47.5 Å². The van der Waals surface area contributed by atoms with Gasteiger partial charge in [-0.1, -0.05) is 25.6 Å². The molecule has 2 amide bonds. The van der Waals surface area contributed by atoms with Crippen molar-refractivity contribution in [2.45, 2.75) is 59.4 Å². The average Bonchev–Trinajstić information content (AvgIpc) is 2.88. The van der Waals surface area contributed by atoms with Gasteiger partial charge < -0.3 is 5.11 Å². The molecule has 1 fully saturated rings. The number of thioether (sulfide) groups is 1. The second-order valence-corrected chi connectivity index (χ2v) is 8.06. The zero-order valence-electron chi connectivity index (χ0n) is 14.9. The maximum Gasteiger partial charge on any atom is 0.521 e. The summed E-state index contributed by atoms with van der Waals surface area (Å²) in [5, 5.41) is 9.60. The first-order valence-electron chi connectivity index (χ1n) is 8.44. The van der Waals surface area contributed by atoms with E-state index in [1.54, 1.807) is 20.8 Å². The normalized spacial score (nSPS) is 24.8. The Hall–Kier alpha value is -1.21. The molecular weight excluding hydrogens is 330 g/mol. The van der Waals surface area contributed by atoms with Crippen molar-refractivity contribution in [3.8, 4) is 0 Å². The highest BCUT2D eigenvalue weighted by molar-refractivity contribution is 8.13. The number of carbonyl (C=O) groups excluding carboxylic acids is 3. The quantitative estimate of drug-likeness (QED) is 0.704. The Morgan fingerprint density at radius 3 is 2.29 bits per heavy atom. The van der Waals surface area contributed by atoms with Gasteiger partial charge in [0.05, 0.1) is 12.5 Å². The Balaban J connectivity index is 2.98. The molecule has 136 valence electrons. The minimum absolute atomic E-state index is 0.0528. The molecule has 0 bridgehead atoms. The lowest BCUT2D eigenvalue weighted by atomic mass is 9.96. The Bertz CT molecular complexity index is 519. The summed E-state index contributed by atoms with van der Waals surface area (Å²) in [6.07, 6.45) is 0.793. The predicted molar refractivity (Wildman–Crippen MR) is 92.6 cm³/mol. The third kappa shape index (κ3) is 4.66. The van der Waals surface area contributed by atoms with Gasteiger partial charge in [-0.25, -0.2) is 4.79 Å². The maximum atomic E-state index is 13.1. The van der Waals surface area contributed by atoms with E-state index in [0.29, 0.717) is 19.3 Å². The number of rotatable bonds is 7. The Labute approximate surface area is 147 Å². The SMILES string of the molecule is CC(=O)SCC(CCC(=O)C(C)C)C(=O)[N+]1(C(=O)O)CCC[C@H]1C. The number of nitrogens with zero attached hydrogens (tertiary/aromatic N) is 1. The number of Topliss-reactive ketones (excluding diaryl/α,β-unsaturated/α-hetero) is 1. The van der Waals surface area contributed by atoms with E-state index >= 15 is 0 Å². The fraction of sp³-hybridized carbons (Fsp3) is 0.765. The molecule has 7 heteroatoms. The molecule has 1 aliphatic rings. The molecule has 0 aromatic rings. The molecule has 0 spiro atoms. The van der Waals surface area contributed by atoms with Gasteiger partial charge in [0.1, 0.15) is 11.8 Å². The zero-order valence-corrected chi connectivity index (χ0v) is 15.7. The number of amides is 2. The van der Waals surface area contributed by atoms with Crippen molar-refractivity contribution >= 4 is 34.7 Å². The first-order valence-corrected chi connectivity index (χ1v) is 9.43. The molecule has 6 nitrogen and oxygen atoms in total. The first-order chi connectivity index (χ1) is 11.1. The van der Waals surface area contributed by atoms with E-state index in [9.17, 15) is 24.3 Å². The van der Waals surface area contributed by atoms with Crippen molar-refractivity contribution in [1.29, 1.82) is 0 Å². The van der Waals surface area contributed by atoms with Crippen LogP contribution in [0.15, 0.2) is 0 Å². The molecule has 1 rings (SSSR count). The maximum absolute atomic E-state index is 13.1. The summed E-state index contributed by atoms with van der Waals surface area (Å²) in [6.45, 7) is 7.10. The van der Waals surface area contributed by atoms with Crippen LogP contribution in [0, 0.1) is 11.8 Å². The number of likely N-dealkylation sites (tertiary alicyclic amines) is 1. The van der Waals surface area contributed by atoms with Crippen molar-refractivity contribution < 1.29 is 28.8 Å². The highest BCUT2D eigenvalue weighted by Crippen LogP contribution is 2.32. The summed E-state index contributed by atoms with van der Waals surface area (Å²) in [5.41, 5.74) is 0. The van der Waals surface area contributed by atoms with Crippen LogP contribution in [0.1, 0.15) is 53.4 Å². The molecular formula is C17H28NO5S+. The molecule has 1 aliphatic heterocycles. The predicted octanol–water partition coefficient (Wildman–Crippen LogP) is 3.09. The largest absolute Gasteiger partial charge is 0.521 e. The van der Waals surface area contributed by atoms with E-state index in [0.717, 1.165) is 11.8 Å². The van der Waals surface area contributed by atoms with Crippen LogP contribution in [0.4, 0.5) is 4.79 Å². The fourth-order valence-corrected chi connectivity index (χ4v) is 3.95. The van der Waals surface area contributed by atoms with Crippen molar-refractivity contribution in [3.05, 3.63) is 0 Å². The van der Waals surface area contributed by atoms with Gasteiger partial charge in [0, 0.05) is 37.9 Å². The molecule has 1 saturated heterocycles. The van der Waals surface area contributed by atoms with Crippen molar-refractivity contribution in [2.75, 3.05) is 12.3 Å². The summed E-state index contributed by atoms with van der Waals surface area (Å²) in [7, 11) is 0. The van der Waals surface area contributed by atoms with E-state index in [2.05, 4.69) is 0 Å². The number of carbonyl (C=O) groups is 4. The molecule has 0 aliphatic carbocycles. The van der Waals surface area contributed by atoms with Crippen LogP contribution in [0.2, 0.25) is 0 Å². The Morgan fingerprint density at radius 2 is 1.88 bits per heavy atom. The highest BCUT2D eigenvalue weighted by Gasteiger charge is 2.54. The van der Waals surface area contributed by atoms with Gasteiger partial charge in [0.2, 0.25) is 0 Å². The van der Waals surface area contributed by atoms with Crippen LogP contribution < -0.4 is 0 Å². The number of hydrogen-bond donors (Lipinski definition) is 1. The zero-order chi connectivity index (χ0) is 18.5. The topological polar surface area (TPSA) is 88.5 Å². The minimum Gasteiger partial charge on any atom is -0.435 e. The minimum atomic E-state index is -1.13. The second-order valence-electron chi connectivity index (χ2n) is 6.86. The van der Waals surface area contributed by atoms with Crippen LogP contribution >= 0.6 is 11.8 Å². The molecule has 0 aromatic heterocycles. The third-order valence-electron chi connectivity index (χ3n) is 4.84. The van der Waals surface area contributed by atoms with Gasteiger partial charge >= 0.3 is 12.0 Å². The molecule has 0 radical (unpaired) electrons. The van der Waals surface area contributed by atoms with Crippen LogP contribution in [0.3, 0.4) is 0 Å². The van der Waals surface area contributed by atoms with E-state index in [1.165, 1.54) is 6.92 Å². The van der Waals surface area contributed by atoms with Crippen LogP contribution in [0.5, 0.6) is 0 Å². The van der Waals surface area contributed by atoms with Gasteiger partial charge in [-0.2, -0.15) is 9.28 Å². The molecule has 1 heterocycles. The number of imide groups is 1. The standard InChI is InChI=1S/C17H27NO5S/c1-11(2)15(20)8-7-14(10-24-13(4)19)16(21)18(17(22)23)9-5-6-12(18)3/h11-12,14H,5-10H2,1-4H3/p+1/t12-,14?,18?/m1/s1. The monoisotopic (exact) mass is 358 g/mol. The Kier molecular flexibility index (Phi) is 7.60. The molecule has 24 heavy (non-hydrogen) atoms. The molecule has 0 aromatic carbocycles. The summed E-state index contributed by atoms with van der Waals surface area (Å²) < 4.78 is -0.570. The molecule has 3 atom stereocenters. The number of carboxylic acid groups (broad SMARTS) is 1. The van der Waals surface area contributed by atoms with Gasteiger partial charge in [-0.3, -0.25) is 9.59 Å². The average molecular weight is 358 g/mol. The summed E-state index contributed by atoms with van der Waals surface area (Å²) in [4.78, 5) is 48.1. The second kappa shape index (κ2) is 8.76. The van der Waals surface area contributed by atoms with Crippen molar-refractivity contribution in [1.82, 2.24) is 0 Å². The van der Waals surface area contributed by atoms with Crippen LogP contribution in [-0.2, 0) is 14.4 Å². The lowest BCUT2D eigenvalue weighted by Gasteiger charge is -2.32. The highest BCUT2D eigenvalue weighted by atomic mass is 32.2. The van der Waals surface area contributed by atoms with E-state index < -0.39 is 16.5 Å². The van der Waals surface area contributed by atoms with E-state index in [1.807, 2.05) is 0 Å². The molecule has 2 unspecified atom stereocenters. The molecule has 1 N–H and O–H groups in total. The van der Waals surface area contributed by atoms with Crippen LogP contribution in [0.25, 0.3) is 0 Å². The summed E-state index contributed by atoms with van der Waals surface area (Å²) in [6, 6.07) is -0.277. The lowest BCUT2D eigenvalue weighted by Crippen LogP contribution is -2.60. The first kappa shape index (κ1) is 20.8. The fourth-order valence-electron chi connectivity index (χ4n) is 3.21. The van der Waals surface area contributed by atoms with Crippen molar-refractivity contribution in [2.24, 2.45) is 11.8 Å².